The number of carbonyl (C=O) groups excluding carboxylic acids is 2. The normalized spacial score (nSPS) is 16.0. The van der Waals surface area contributed by atoms with Crippen molar-refractivity contribution in [1.29, 1.82) is 0 Å². The molecule has 2 aromatic heterocycles. The predicted octanol–water partition coefficient (Wildman–Crippen LogP) is 2.35. The van der Waals surface area contributed by atoms with Crippen LogP contribution in [0.4, 0.5) is 5.69 Å². The van der Waals surface area contributed by atoms with Crippen LogP contribution in [0.25, 0.3) is 4.96 Å². The zero-order valence-electron chi connectivity index (χ0n) is 13.4. The van der Waals surface area contributed by atoms with Gasteiger partial charge in [-0.15, -0.1) is 0 Å². The van der Waals surface area contributed by atoms with Crippen molar-refractivity contribution in [2.24, 2.45) is 0 Å². The van der Waals surface area contributed by atoms with E-state index in [0.717, 1.165) is 40.3 Å². The van der Waals surface area contributed by atoms with E-state index in [1.807, 2.05) is 13.0 Å². The lowest BCUT2D eigenvalue weighted by atomic mass is 10.2. The minimum atomic E-state index is -0.460. The molecule has 3 heterocycles. The lowest BCUT2D eigenvalue weighted by Gasteiger charge is -2.14. The van der Waals surface area contributed by atoms with Crippen LogP contribution >= 0.6 is 11.3 Å². The Morgan fingerprint density at radius 1 is 1.12 bits per heavy atom. The molecule has 3 aromatic rings. The third-order valence-electron chi connectivity index (χ3n) is 4.77. The molecule has 1 aromatic carbocycles. The van der Waals surface area contributed by atoms with E-state index in [1.165, 1.54) is 4.40 Å². The lowest BCUT2D eigenvalue weighted by molar-refractivity contribution is 0.0925. The fraction of sp³-hybridized carbons (Fsp3) is 0.222. The van der Waals surface area contributed by atoms with Gasteiger partial charge in [0.1, 0.15) is 10.6 Å². The van der Waals surface area contributed by atoms with Crippen molar-refractivity contribution in [1.82, 2.24) is 9.38 Å². The molecule has 0 N–H and O–H groups in total. The minimum absolute atomic E-state index is 0.152. The van der Waals surface area contributed by atoms with Crippen molar-refractivity contribution in [2.45, 2.75) is 26.2 Å². The molecular formula is C18H13N3O3S. The van der Waals surface area contributed by atoms with Gasteiger partial charge in [0.25, 0.3) is 17.4 Å². The molecule has 0 atom stereocenters. The summed E-state index contributed by atoms with van der Waals surface area (Å²) in [5.74, 6) is -0.848. The van der Waals surface area contributed by atoms with E-state index in [0.29, 0.717) is 27.5 Å². The molecule has 25 heavy (non-hydrogen) atoms. The Hall–Kier alpha value is -2.80. The second kappa shape index (κ2) is 4.86. The Morgan fingerprint density at radius 3 is 2.76 bits per heavy atom. The van der Waals surface area contributed by atoms with Crippen LogP contribution in [0.15, 0.2) is 29.1 Å². The van der Waals surface area contributed by atoms with Gasteiger partial charge in [-0.05, 0) is 43.9 Å². The fourth-order valence-corrected chi connectivity index (χ4v) is 4.67. The Balaban J connectivity index is 1.75. The Kier molecular flexibility index (Phi) is 2.82. The molecule has 7 heteroatoms. The van der Waals surface area contributed by atoms with E-state index >= 15 is 0 Å². The lowest BCUT2D eigenvalue weighted by Crippen LogP contribution is -2.31. The van der Waals surface area contributed by atoms with Crippen LogP contribution in [0.5, 0.6) is 0 Å². The third-order valence-corrected chi connectivity index (χ3v) is 5.80. The SMILES string of the molecule is Cc1cccc(N2C(=O)c3sc4nc5c(c(=O)n4c3C2=O)CCC5)c1. The molecule has 0 saturated carbocycles. The number of anilines is 1. The van der Waals surface area contributed by atoms with Gasteiger partial charge in [-0.3, -0.25) is 14.4 Å². The van der Waals surface area contributed by atoms with Gasteiger partial charge < -0.3 is 0 Å². The highest BCUT2D eigenvalue weighted by molar-refractivity contribution is 7.19. The molecule has 5 rings (SSSR count). The summed E-state index contributed by atoms with van der Waals surface area (Å²) in [6.07, 6.45) is 2.36. The zero-order valence-corrected chi connectivity index (χ0v) is 14.2. The van der Waals surface area contributed by atoms with Crippen LogP contribution in [0.3, 0.4) is 0 Å². The number of benzene rings is 1. The zero-order chi connectivity index (χ0) is 17.3. The van der Waals surface area contributed by atoms with Crippen molar-refractivity contribution in [3.8, 4) is 0 Å². The number of fused-ring (bicyclic) bond motifs is 4. The van der Waals surface area contributed by atoms with Gasteiger partial charge in [-0.1, -0.05) is 23.5 Å². The second-order valence-corrected chi connectivity index (χ2v) is 7.36. The average molecular weight is 351 g/mol. The topological polar surface area (TPSA) is 71.8 Å². The highest BCUT2D eigenvalue weighted by Gasteiger charge is 2.42. The van der Waals surface area contributed by atoms with Gasteiger partial charge in [0, 0.05) is 5.56 Å². The van der Waals surface area contributed by atoms with Crippen molar-refractivity contribution in [3.05, 3.63) is 62.0 Å². The van der Waals surface area contributed by atoms with E-state index in [9.17, 15) is 14.4 Å². The summed E-state index contributed by atoms with van der Waals surface area (Å²) in [7, 11) is 0. The van der Waals surface area contributed by atoms with Gasteiger partial charge in [-0.2, -0.15) is 0 Å². The highest BCUT2D eigenvalue weighted by atomic mass is 32.1. The van der Waals surface area contributed by atoms with Crippen molar-refractivity contribution in [3.63, 3.8) is 0 Å². The Labute approximate surface area is 146 Å². The van der Waals surface area contributed by atoms with E-state index in [4.69, 9.17) is 0 Å². The van der Waals surface area contributed by atoms with Crippen molar-refractivity contribution in [2.75, 3.05) is 4.90 Å². The van der Waals surface area contributed by atoms with Crippen molar-refractivity contribution < 1.29 is 9.59 Å². The number of imide groups is 1. The van der Waals surface area contributed by atoms with Crippen LogP contribution < -0.4 is 10.5 Å². The number of aromatic nitrogens is 2. The van der Waals surface area contributed by atoms with Gasteiger partial charge >= 0.3 is 0 Å². The molecule has 124 valence electrons. The summed E-state index contributed by atoms with van der Waals surface area (Å²) < 4.78 is 1.33. The predicted molar refractivity (Wildman–Crippen MR) is 93.7 cm³/mol. The summed E-state index contributed by atoms with van der Waals surface area (Å²) >= 11 is 1.12. The largest absolute Gasteiger partial charge is 0.284 e. The first-order chi connectivity index (χ1) is 12.1. The first-order valence-electron chi connectivity index (χ1n) is 8.09. The number of hydrogen-bond acceptors (Lipinski definition) is 5. The number of amides is 2. The molecule has 2 aliphatic rings. The van der Waals surface area contributed by atoms with Gasteiger partial charge in [-0.25, -0.2) is 14.3 Å². The number of thiazole rings is 1. The Bertz CT molecular complexity index is 1160. The number of aryl methyl sites for hydroxylation is 2. The molecule has 0 spiro atoms. The second-order valence-electron chi connectivity index (χ2n) is 6.38. The number of nitrogens with zero attached hydrogens (tertiary/aromatic N) is 3. The Morgan fingerprint density at radius 2 is 1.96 bits per heavy atom. The first-order valence-corrected chi connectivity index (χ1v) is 8.90. The smallest absolute Gasteiger partial charge is 0.269 e. The number of hydrogen-bond donors (Lipinski definition) is 0. The maximum atomic E-state index is 13.0. The number of rotatable bonds is 1. The van der Waals surface area contributed by atoms with Crippen molar-refractivity contribution >= 4 is 33.8 Å². The molecular weight excluding hydrogens is 338 g/mol. The molecule has 1 aliphatic heterocycles. The van der Waals surface area contributed by atoms with Crippen LogP contribution in [0, 0.1) is 6.92 Å². The molecule has 0 bridgehead atoms. The summed E-state index contributed by atoms with van der Waals surface area (Å²) in [5, 5.41) is 0. The van der Waals surface area contributed by atoms with Crippen LogP contribution in [0.1, 0.15) is 43.4 Å². The number of carbonyl (C=O) groups is 2. The summed E-state index contributed by atoms with van der Waals surface area (Å²) in [6.45, 7) is 1.90. The van der Waals surface area contributed by atoms with Gasteiger partial charge in [0.05, 0.1) is 11.4 Å². The molecule has 0 unspecified atom stereocenters. The molecule has 6 nitrogen and oxygen atoms in total. The minimum Gasteiger partial charge on any atom is -0.269 e. The maximum absolute atomic E-state index is 13.0. The molecule has 0 radical (unpaired) electrons. The quantitative estimate of drug-likeness (QED) is 0.631. The third kappa shape index (κ3) is 1.84. The van der Waals surface area contributed by atoms with Gasteiger partial charge in [0.2, 0.25) is 0 Å². The van der Waals surface area contributed by atoms with Gasteiger partial charge in [0.15, 0.2) is 4.96 Å². The first kappa shape index (κ1) is 14.5. The summed E-state index contributed by atoms with van der Waals surface area (Å²) in [6, 6.07) is 7.21. The molecule has 0 fully saturated rings. The maximum Gasteiger partial charge on any atom is 0.284 e. The molecule has 2 amide bonds. The van der Waals surface area contributed by atoms with E-state index in [1.54, 1.807) is 18.2 Å². The highest BCUT2D eigenvalue weighted by Crippen LogP contribution is 2.34. The molecule has 0 saturated heterocycles. The summed E-state index contributed by atoms with van der Waals surface area (Å²) in [4.78, 5) is 45.0. The standard InChI is InChI=1S/C18H13N3O3S/c1-9-4-2-5-10(8-9)20-16(23)13-14(17(20)24)25-18-19-12-7-3-6-11(12)15(22)21(13)18/h2,4-5,8H,3,6-7H2,1H3. The van der Waals surface area contributed by atoms with E-state index < -0.39 is 5.91 Å². The van der Waals surface area contributed by atoms with E-state index in [2.05, 4.69) is 4.98 Å². The van der Waals surface area contributed by atoms with Crippen LogP contribution in [0.2, 0.25) is 0 Å². The van der Waals surface area contributed by atoms with Crippen LogP contribution in [-0.4, -0.2) is 21.2 Å². The summed E-state index contributed by atoms with van der Waals surface area (Å²) in [5.41, 5.74) is 2.90. The van der Waals surface area contributed by atoms with E-state index in [-0.39, 0.29) is 17.2 Å². The fourth-order valence-electron chi connectivity index (χ4n) is 3.61. The van der Waals surface area contributed by atoms with Crippen LogP contribution in [-0.2, 0) is 12.8 Å². The average Bonchev–Trinajstić information content (AvgIpc) is 3.24. The monoisotopic (exact) mass is 351 g/mol. The molecule has 1 aliphatic carbocycles.